The van der Waals surface area contributed by atoms with Crippen LogP contribution in [0.1, 0.15) is 0 Å². The van der Waals surface area contributed by atoms with Crippen LogP contribution in [0.4, 0.5) is 0 Å². The Morgan fingerprint density at radius 1 is 0.167 bits per heavy atom. The molecule has 0 aliphatic carbocycles. The predicted molar refractivity (Wildman–Crippen MR) is 295 cm³/mol. The lowest BCUT2D eigenvalue weighted by atomic mass is 9.78. The number of aromatic nitrogens is 5. The third-order valence-electron chi connectivity index (χ3n) is 13.0. The lowest BCUT2D eigenvalue weighted by molar-refractivity contribution is 1.05. The number of pyridine rings is 2. The number of nitrogens with zero attached hydrogens (tertiary/aromatic N) is 5. The molecule has 3 aromatic heterocycles. The molecule has 338 valence electrons. The van der Waals surface area contributed by atoms with Crippen molar-refractivity contribution in [3.8, 4) is 124 Å². The molecule has 0 amide bonds. The molecule has 5 nitrogen and oxygen atoms in total. The van der Waals surface area contributed by atoms with Crippen LogP contribution in [0.25, 0.3) is 124 Å². The van der Waals surface area contributed by atoms with E-state index in [1.54, 1.807) is 0 Å². The third kappa shape index (κ3) is 8.90. The van der Waals surface area contributed by atoms with Crippen LogP contribution < -0.4 is 0 Å². The van der Waals surface area contributed by atoms with Crippen molar-refractivity contribution < 1.29 is 0 Å². The predicted octanol–water partition coefficient (Wildman–Crippen LogP) is 17.0. The molecule has 5 heteroatoms. The first-order valence-electron chi connectivity index (χ1n) is 24.2. The fourth-order valence-corrected chi connectivity index (χ4v) is 9.56. The molecule has 0 saturated carbocycles. The Labute approximate surface area is 419 Å². The van der Waals surface area contributed by atoms with Crippen LogP contribution in [0.15, 0.2) is 273 Å². The highest BCUT2D eigenvalue weighted by molar-refractivity contribution is 6.07. The summed E-state index contributed by atoms with van der Waals surface area (Å²) in [6, 6.07) is 95.2. The van der Waals surface area contributed by atoms with E-state index in [-0.39, 0.29) is 0 Å². The minimum absolute atomic E-state index is 0.461. The molecule has 0 fully saturated rings. The third-order valence-corrected chi connectivity index (χ3v) is 13.0. The first-order valence-corrected chi connectivity index (χ1v) is 24.2. The van der Waals surface area contributed by atoms with Crippen molar-refractivity contribution >= 4 is 0 Å². The summed E-state index contributed by atoms with van der Waals surface area (Å²) >= 11 is 0. The van der Waals surface area contributed by atoms with Gasteiger partial charge in [0.2, 0.25) is 0 Å². The van der Waals surface area contributed by atoms with E-state index >= 15 is 0 Å². The Morgan fingerprint density at radius 2 is 0.472 bits per heavy atom. The minimum atomic E-state index is 0.461. The highest BCUT2D eigenvalue weighted by atomic mass is 15.1. The molecule has 72 heavy (non-hydrogen) atoms. The van der Waals surface area contributed by atoms with Crippen LogP contribution in [0.5, 0.6) is 0 Å². The van der Waals surface area contributed by atoms with Crippen molar-refractivity contribution in [2.75, 3.05) is 0 Å². The monoisotopic (exact) mass is 919 g/mol. The van der Waals surface area contributed by atoms with E-state index in [9.17, 15) is 0 Å². The summed E-state index contributed by atoms with van der Waals surface area (Å²) in [5.41, 5.74) is 19.5. The van der Waals surface area contributed by atoms with Gasteiger partial charge in [-0.05, 0) is 109 Å². The maximum Gasteiger partial charge on any atom is 0.182 e. The van der Waals surface area contributed by atoms with Gasteiger partial charge < -0.3 is 0 Å². The molecule has 0 radical (unpaired) electrons. The summed E-state index contributed by atoms with van der Waals surface area (Å²) in [5.74, 6) is 1.44. The fourth-order valence-electron chi connectivity index (χ4n) is 9.56. The largest absolute Gasteiger partial charge is 0.244 e. The van der Waals surface area contributed by atoms with Crippen LogP contribution in [-0.4, -0.2) is 24.9 Å². The molecule has 12 aromatic rings. The second-order valence-corrected chi connectivity index (χ2v) is 17.6. The average molecular weight is 920 g/mol. The second-order valence-electron chi connectivity index (χ2n) is 17.6. The van der Waals surface area contributed by atoms with E-state index in [0.29, 0.717) is 28.9 Å². The normalized spacial score (nSPS) is 11.1. The molecule has 3 heterocycles. The van der Waals surface area contributed by atoms with Crippen molar-refractivity contribution in [1.82, 2.24) is 24.9 Å². The van der Waals surface area contributed by atoms with Gasteiger partial charge in [-0.25, -0.2) is 24.9 Å². The zero-order valence-electron chi connectivity index (χ0n) is 39.2. The molecule has 0 atom stereocenters. The molecule has 0 aliphatic rings. The smallest absolute Gasteiger partial charge is 0.182 e. The van der Waals surface area contributed by atoms with Crippen LogP contribution in [0, 0.1) is 0 Å². The Balaban J connectivity index is 1.03. The lowest BCUT2D eigenvalue weighted by Gasteiger charge is -2.24. The Morgan fingerprint density at radius 3 is 0.931 bits per heavy atom. The van der Waals surface area contributed by atoms with Crippen molar-refractivity contribution in [1.29, 1.82) is 0 Å². The standard InChI is InChI=1S/C67H45N5/c1-7-23-46(24-8-1)56-45-57(63(50-31-15-5-16-32-50)64(51-33-17-6-18-34-51)62(56)49-29-13-4-14-30-49)54-37-19-35-52(43-54)53-36-20-38-55(44-53)65-70-66(60-41-21-39-58(68-60)47-25-9-2-10-26-47)72-67(71-65)61-42-22-40-59(69-61)48-27-11-3-12-28-48/h1-45H. The summed E-state index contributed by atoms with van der Waals surface area (Å²) in [5, 5.41) is 0. The molecule has 0 N–H and O–H groups in total. The highest BCUT2D eigenvalue weighted by Gasteiger charge is 2.24. The number of benzene rings is 9. The van der Waals surface area contributed by atoms with Gasteiger partial charge in [-0.15, -0.1) is 0 Å². The Bertz CT molecular complexity index is 3730. The van der Waals surface area contributed by atoms with E-state index in [4.69, 9.17) is 24.9 Å². The molecule has 9 aromatic carbocycles. The molecule has 0 bridgehead atoms. The van der Waals surface area contributed by atoms with E-state index in [1.807, 2.05) is 72.8 Å². The lowest BCUT2D eigenvalue weighted by Crippen LogP contribution is -2.03. The summed E-state index contributed by atoms with van der Waals surface area (Å²) in [6.45, 7) is 0. The van der Waals surface area contributed by atoms with Gasteiger partial charge in [0.05, 0.1) is 11.4 Å². The van der Waals surface area contributed by atoms with Gasteiger partial charge in [-0.1, -0.05) is 231 Å². The van der Waals surface area contributed by atoms with Gasteiger partial charge in [-0.2, -0.15) is 0 Å². The zero-order valence-corrected chi connectivity index (χ0v) is 39.2. The van der Waals surface area contributed by atoms with Crippen molar-refractivity contribution in [2.24, 2.45) is 0 Å². The first-order chi connectivity index (χ1) is 35.7. The van der Waals surface area contributed by atoms with Crippen molar-refractivity contribution in [3.05, 3.63) is 273 Å². The summed E-state index contributed by atoms with van der Waals surface area (Å²) in [4.78, 5) is 25.5. The van der Waals surface area contributed by atoms with E-state index in [2.05, 4.69) is 200 Å². The summed E-state index contributed by atoms with van der Waals surface area (Å²) in [7, 11) is 0. The van der Waals surface area contributed by atoms with E-state index < -0.39 is 0 Å². The van der Waals surface area contributed by atoms with Gasteiger partial charge in [0.15, 0.2) is 17.5 Å². The van der Waals surface area contributed by atoms with E-state index in [1.165, 1.54) is 16.7 Å². The fraction of sp³-hybridized carbons (Fsp3) is 0. The maximum atomic E-state index is 5.16. The van der Waals surface area contributed by atoms with Crippen LogP contribution in [-0.2, 0) is 0 Å². The number of rotatable bonds is 11. The van der Waals surface area contributed by atoms with Crippen LogP contribution in [0.2, 0.25) is 0 Å². The molecule has 0 saturated heterocycles. The number of hydrogen-bond donors (Lipinski definition) is 0. The molecule has 0 aliphatic heterocycles. The highest BCUT2D eigenvalue weighted by Crippen LogP contribution is 2.50. The van der Waals surface area contributed by atoms with Crippen LogP contribution in [0.3, 0.4) is 0 Å². The number of hydrogen-bond acceptors (Lipinski definition) is 5. The quantitative estimate of drug-likeness (QED) is 0.129. The van der Waals surface area contributed by atoms with Gasteiger partial charge >= 0.3 is 0 Å². The SMILES string of the molecule is c1ccc(-c2cccc(-c3nc(-c4cccc(-c5cccc(-c6cc(-c7ccccc7)c(-c7ccccc7)c(-c7ccccc7)c6-c6ccccc6)c5)c4)nc(-c4cccc(-c5ccccc5)n4)n3)n2)cc1. The molecule has 0 unspecified atom stereocenters. The zero-order chi connectivity index (χ0) is 48.1. The Hall–Kier alpha value is -9.71. The van der Waals surface area contributed by atoms with Crippen molar-refractivity contribution in [3.63, 3.8) is 0 Å². The van der Waals surface area contributed by atoms with Crippen LogP contribution >= 0.6 is 0 Å². The van der Waals surface area contributed by atoms with Crippen molar-refractivity contribution in [2.45, 2.75) is 0 Å². The Kier molecular flexibility index (Phi) is 11.9. The van der Waals surface area contributed by atoms with E-state index in [0.717, 1.165) is 78.1 Å². The minimum Gasteiger partial charge on any atom is -0.244 e. The molecule has 12 rings (SSSR count). The maximum absolute atomic E-state index is 5.16. The van der Waals surface area contributed by atoms with Gasteiger partial charge in [0, 0.05) is 16.7 Å². The average Bonchev–Trinajstić information content (AvgIpc) is 3.48. The summed E-state index contributed by atoms with van der Waals surface area (Å²) in [6.07, 6.45) is 0. The van der Waals surface area contributed by atoms with Gasteiger partial charge in [-0.3, -0.25) is 0 Å². The molecular weight excluding hydrogens is 875 g/mol. The summed E-state index contributed by atoms with van der Waals surface area (Å²) < 4.78 is 0. The van der Waals surface area contributed by atoms with Gasteiger partial charge in [0.25, 0.3) is 0 Å². The topological polar surface area (TPSA) is 64.5 Å². The molecule has 0 spiro atoms. The molecular formula is C67H45N5. The van der Waals surface area contributed by atoms with Gasteiger partial charge in [0.1, 0.15) is 11.4 Å². The first kappa shape index (κ1) is 43.6. The second kappa shape index (κ2) is 19.7.